The summed E-state index contributed by atoms with van der Waals surface area (Å²) in [6.45, 7) is 11.6. The summed E-state index contributed by atoms with van der Waals surface area (Å²) in [4.78, 5) is 0. The Morgan fingerprint density at radius 3 is 2.50 bits per heavy atom. The molecular weight excluding hydrogens is 290 g/mol. The lowest BCUT2D eigenvalue weighted by Gasteiger charge is -2.23. The number of rotatable bonds is 5. The average Bonchev–Trinajstić information content (AvgIpc) is 2.27. The zero-order chi connectivity index (χ0) is 13.8. The molecule has 0 fully saturated rings. The summed E-state index contributed by atoms with van der Waals surface area (Å²) in [5, 5.41) is 3.48. The van der Waals surface area contributed by atoms with Crippen LogP contribution in [-0.4, -0.2) is 12.1 Å². The van der Waals surface area contributed by atoms with Crippen LogP contribution in [0.2, 0.25) is 0 Å². The molecule has 0 aliphatic carbocycles. The number of nitrogens with one attached hydrogen (secondary N) is 1. The molecule has 0 radical (unpaired) electrons. The SMILES string of the molecule is CCCNC(C)c1ccc(OC(C)(C)C)c(Br)c1. The van der Waals surface area contributed by atoms with E-state index in [1.807, 2.05) is 6.07 Å². The zero-order valence-electron chi connectivity index (χ0n) is 12.0. The van der Waals surface area contributed by atoms with E-state index >= 15 is 0 Å². The van der Waals surface area contributed by atoms with E-state index in [1.54, 1.807) is 0 Å². The summed E-state index contributed by atoms with van der Waals surface area (Å²) in [5.74, 6) is 0.897. The summed E-state index contributed by atoms with van der Waals surface area (Å²) < 4.78 is 6.90. The second-order valence-corrected chi connectivity index (χ2v) is 6.43. The van der Waals surface area contributed by atoms with Gasteiger partial charge >= 0.3 is 0 Å². The maximum atomic E-state index is 5.88. The van der Waals surface area contributed by atoms with Crippen LogP contribution < -0.4 is 10.1 Å². The van der Waals surface area contributed by atoms with Gasteiger partial charge in [-0.3, -0.25) is 0 Å². The fourth-order valence-electron chi connectivity index (χ4n) is 1.68. The number of hydrogen-bond donors (Lipinski definition) is 1. The minimum absolute atomic E-state index is 0.171. The van der Waals surface area contributed by atoms with Gasteiger partial charge in [-0.25, -0.2) is 0 Å². The van der Waals surface area contributed by atoms with Crippen molar-refractivity contribution in [2.24, 2.45) is 0 Å². The summed E-state index contributed by atoms with van der Waals surface area (Å²) in [5.41, 5.74) is 1.10. The van der Waals surface area contributed by atoms with Gasteiger partial charge in [0, 0.05) is 6.04 Å². The summed E-state index contributed by atoms with van der Waals surface area (Å²) in [7, 11) is 0. The lowest BCUT2D eigenvalue weighted by Crippen LogP contribution is -2.23. The van der Waals surface area contributed by atoms with Gasteiger partial charge in [-0.1, -0.05) is 13.0 Å². The van der Waals surface area contributed by atoms with E-state index in [9.17, 15) is 0 Å². The molecule has 0 aromatic heterocycles. The van der Waals surface area contributed by atoms with Crippen LogP contribution in [0.5, 0.6) is 5.75 Å². The highest BCUT2D eigenvalue weighted by Gasteiger charge is 2.15. The van der Waals surface area contributed by atoms with Crippen LogP contribution in [-0.2, 0) is 0 Å². The quantitative estimate of drug-likeness (QED) is 0.851. The molecule has 2 nitrogen and oxygen atoms in total. The van der Waals surface area contributed by atoms with Gasteiger partial charge in [0.15, 0.2) is 0 Å². The molecule has 0 amide bonds. The van der Waals surface area contributed by atoms with Crippen molar-refractivity contribution in [2.75, 3.05) is 6.54 Å². The normalized spacial score (nSPS) is 13.4. The van der Waals surface area contributed by atoms with Crippen LogP contribution >= 0.6 is 15.9 Å². The first-order valence-electron chi connectivity index (χ1n) is 6.55. The third-order valence-corrected chi connectivity index (χ3v) is 3.19. The van der Waals surface area contributed by atoms with E-state index in [1.165, 1.54) is 5.56 Å². The highest BCUT2D eigenvalue weighted by atomic mass is 79.9. The second-order valence-electron chi connectivity index (χ2n) is 5.58. The molecule has 3 heteroatoms. The van der Waals surface area contributed by atoms with Crippen molar-refractivity contribution in [1.82, 2.24) is 5.32 Å². The lowest BCUT2D eigenvalue weighted by atomic mass is 10.1. The summed E-state index contributed by atoms with van der Waals surface area (Å²) in [6, 6.07) is 6.66. The van der Waals surface area contributed by atoms with Crippen LogP contribution in [0.1, 0.15) is 52.6 Å². The number of hydrogen-bond acceptors (Lipinski definition) is 2. The predicted molar refractivity (Wildman–Crippen MR) is 81.2 cm³/mol. The second kappa shape index (κ2) is 6.58. The van der Waals surface area contributed by atoms with Crippen LogP contribution in [0.3, 0.4) is 0 Å². The highest BCUT2D eigenvalue weighted by molar-refractivity contribution is 9.10. The first-order chi connectivity index (χ1) is 8.33. The number of halogens is 1. The van der Waals surface area contributed by atoms with Crippen LogP contribution in [0.25, 0.3) is 0 Å². The molecule has 1 aromatic carbocycles. The Hall–Kier alpha value is -0.540. The molecule has 0 heterocycles. The molecule has 1 N–H and O–H groups in total. The van der Waals surface area contributed by atoms with Gasteiger partial charge in [0.05, 0.1) is 4.47 Å². The van der Waals surface area contributed by atoms with E-state index in [-0.39, 0.29) is 5.60 Å². The molecule has 18 heavy (non-hydrogen) atoms. The lowest BCUT2D eigenvalue weighted by molar-refractivity contribution is 0.130. The van der Waals surface area contributed by atoms with Gasteiger partial charge in [0.1, 0.15) is 11.4 Å². The maximum absolute atomic E-state index is 5.88. The van der Waals surface area contributed by atoms with Crippen LogP contribution in [0.15, 0.2) is 22.7 Å². The molecule has 0 aliphatic heterocycles. The molecule has 0 saturated carbocycles. The number of benzene rings is 1. The van der Waals surface area contributed by atoms with E-state index < -0.39 is 0 Å². The Morgan fingerprint density at radius 2 is 2.00 bits per heavy atom. The van der Waals surface area contributed by atoms with Gasteiger partial charge < -0.3 is 10.1 Å². The van der Waals surface area contributed by atoms with Crippen molar-refractivity contribution >= 4 is 15.9 Å². The standard InChI is InChI=1S/C15H24BrNO/c1-6-9-17-11(2)12-7-8-14(13(16)10-12)18-15(3,4)5/h7-8,10-11,17H,6,9H2,1-5H3. The van der Waals surface area contributed by atoms with Gasteiger partial charge in [-0.05, 0) is 74.3 Å². The van der Waals surface area contributed by atoms with E-state index in [0.717, 1.165) is 23.2 Å². The Kier molecular flexibility index (Phi) is 5.67. The van der Waals surface area contributed by atoms with Crippen LogP contribution in [0, 0.1) is 0 Å². The molecule has 1 unspecified atom stereocenters. The van der Waals surface area contributed by atoms with Crippen molar-refractivity contribution in [3.05, 3.63) is 28.2 Å². The van der Waals surface area contributed by atoms with E-state index in [2.05, 4.69) is 68.0 Å². The van der Waals surface area contributed by atoms with Crippen molar-refractivity contribution in [1.29, 1.82) is 0 Å². The van der Waals surface area contributed by atoms with Gasteiger partial charge in [-0.2, -0.15) is 0 Å². The third-order valence-electron chi connectivity index (χ3n) is 2.57. The predicted octanol–water partition coefficient (Wildman–Crippen LogP) is 4.69. The molecule has 102 valence electrons. The first kappa shape index (κ1) is 15.5. The largest absolute Gasteiger partial charge is 0.487 e. The molecule has 1 rings (SSSR count). The van der Waals surface area contributed by atoms with Crippen molar-refractivity contribution in [2.45, 2.75) is 52.7 Å². The fourth-order valence-corrected chi connectivity index (χ4v) is 2.16. The molecule has 0 saturated heterocycles. The van der Waals surface area contributed by atoms with Gasteiger partial charge in [0.25, 0.3) is 0 Å². The molecular formula is C15H24BrNO. The summed E-state index contributed by atoms with van der Waals surface area (Å²) in [6.07, 6.45) is 1.15. The average molecular weight is 314 g/mol. The van der Waals surface area contributed by atoms with Crippen LogP contribution in [0.4, 0.5) is 0 Å². The molecule has 1 aromatic rings. The zero-order valence-corrected chi connectivity index (χ0v) is 13.6. The maximum Gasteiger partial charge on any atom is 0.134 e. The Bertz CT molecular complexity index is 385. The topological polar surface area (TPSA) is 21.3 Å². The Labute approximate surface area is 119 Å². The molecule has 0 bridgehead atoms. The first-order valence-corrected chi connectivity index (χ1v) is 7.34. The summed E-state index contributed by atoms with van der Waals surface area (Å²) >= 11 is 3.58. The molecule has 0 aliphatic rings. The van der Waals surface area contributed by atoms with Gasteiger partial charge in [0.2, 0.25) is 0 Å². The number of ether oxygens (including phenoxy) is 1. The minimum Gasteiger partial charge on any atom is -0.487 e. The Balaban J connectivity index is 2.79. The minimum atomic E-state index is -0.171. The molecule has 1 atom stereocenters. The van der Waals surface area contributed by atoms with E-state index in [0.29, 0.717) is 6.04 Å². The smallest absolute Gasteiger partial charge is 0.134 e. The van der Waals surface area contributed by atoms with Crippen molar-refractivity contribution in [3.8, 4) is 5.75 Å². The van der Waals surface area contributed by atoms with Gasteiger partial charge in [-0.15, -0.1) is 0 Å². The van der Waals surface area contributed by atoms with E-state index in [4.69, 9.17) is 4.74 Å². The fraction of sp³-hybridized carbons (Fsp3) is 0.600. The molecule has 0 spiro atoms. The Morgan fingerprint density at radius 1 is 1.33 bits per heavy atom. The third kappa shape index (κ3) is 4.99. The van der Waals surface area contributed by atoms with Crippen molar-refractivity contribution in [3.63, 3.8) is 0 Å². The monoisotopic (exact) mass is 313 g/mol. The van der Waals surface area contributed by atoms with Crippen molar-refractivity contribution < 1.29 is 4.74 Å². The highest BCUT2D eigenvalue weighted by Crippen LogP contribution is 2.30.